The predicted octanol–water partition coefficient (Wildman–Crippen LogP) is 3.80. The van der Waals surface area contributed by atoms with Crippen LogP contribution in [0.2, 0.25) is 0 Å². The van der Waals surface area contributed by atoms with Crippen molar-refractivity contribution in [3.8, 4) is 0 Å². The molecule has 0 saturated heterocycles. The minimum Gasteiger partial charge on any atom is -0.106 e. The highest BCUT2D eigenvalue weighted by atomic mass is 13.7. The fraction of sp³-hybridized carbons (Fsp3) is 0.556. The fourth-order valence-electron chi connectivity index (χ4n) is 0.204. The zero-order valence-electron chi connectivity index (χ0n) is 7.11. The highest BCUT2D eigenvalue weighted by molar-refractivity contribution is 4.63. The van der Waals surface area contributed by atoms with E-state index in [2.05, 4.69) is 26.7 Å². The van der Waals surface area contributed by atoms with E-state index >= 15 is 0 Å². The van der Waals surface area contributed by atoms with Gasteiger partial charge in [0.2, 0.25) is 0 Å². The second-order valence-electron chi connectivity index (χ2n) is 1.08. The molecule has 0 spiro atoms. The summed E-state index contributed by atoms with van der Waals surface area (Å²) in [6.45, 7) is 15.7. The van der Waals surface area contributed by atoms with E-state index in [9.17, 15) is 0 Å². The van der Waals surface area contributed by atoms with Crippen LogP contribution < -0.4 is 0 Å². The third kappa shape index (κ3) is 103. The van der Waals surface area contributed by atoms with E-state index < -0.39 is 0 Å². The lowest BCUT2D eigenvalue weighted by atomic mass is 10.3. The number of allylic oxidation sites excluding steroid dienone is 1. The lowest BCUT2D eigenvalue weighted by molar-refractivity contribution is 0.961. The minimum atomic E-state index is 1.15. The van der Waals surface area contributed by atoms with Crippen molar-refractivity contribution in [3.05, 3.63) is 25.8 Å². The van der Waals surface area contributed by atoms with Gasteiger partial charge in [-0.3, -0.25) is 0 Å². The summed E-state index contributed by atoms with van der Waals surface area (Å²) in [5, 5.41) is 0. The van der Waals surface area contributed by atoms with Gasteiger partial charge in [0, 0.05) is 0 Å². The molecule has 0 aliphatic carbocycles. The summed E-state index contributed by atoms with van der Waals surface area (Å²) in [5.41, 5.74) is 0. The van der Waals surface area contributed by atoms with Crippen LogP contribution in [0, 0.1) is 0 Å². The quantitative estimate of drug-likeness (QED) is 0.496. The van der Waals surface area contributed by atoms with Crippen molar-refractivity contribution in [2.24, 2.45) is 0 Å². The summed E-state index contributed by atoms with van der Waals surface area (Å²) < 4.78 is 0. The molecule has 0 aromatic rings. The van der Waals surface area contributed by atoms with E-state index in [1.165, 1.54) is 6.42 Å². The Balaban J connectivity index is -0.0000000771. The lowest BCUT2D eigenvalue weighted by Gasteiger charge is -1.72. The molecule has 0 nitrogen and oxygen atoms in total. The van der Waals surface area contributed by atoms with Gasteiger partial charge in [0.05, 0.1) is 0 Å². The van der Waals surface area contributed by atoms with E-state index in [1.807, 2.05) is 19.9 Å². The maximum absolute atomic E-state index is 3.55. The van der Waals surface area contributed by atoms with Crippen LogP contribution in [0.4, 0.5) is 0 Å². The molecular weight excluding hydrogens is 108 g/mol. The highest BCUT2D eigenvalue weighted by Gasteiger charge is 1.61. The molecule has 9 heavy (non-hydrogen) atoms. The van der Waals surface area contributed by atoms with Crippen LogP contribution in [0.5, 0.6) is 0 Å². The normalized spacial score (nSPS) is 5.22. The van der Waals surface area contributed by atoms with E-state index in [0.29, 0.717) is 0 Å². The summed E-state index contributed by atoms with van der Waals surface area (Å²) in [7, 11) is 0. The van der Waals surface area contributed by atoms with Gasteiger partial charge in [0.15, 0.2) is 0 Å². The molecule has 0 saturated carbocycles. The maximum Gasteiger partial charge on any atom is -0.0356 e. The zero-order chi connectivity index (χ0) is 8.12. The summed E-state index contributed by atoms with van der Waals surface area (Å²) in [4.78, 5) is 0. The monoisotopic (exact) mass is 128 g/mol. The van der Waals surface area contributed by atoms with Crippen LogP contribution in [0.15, 0.2) is 25.8 Å². The Labute approximate surface area is 60.3 Å². The molecule has 0 radical (unpaired) electrons. The summed E-state index contributed by atoms with van der Waals surface area (Å²) in [6.07, 6.45) is 4.31. The molecule has 56 valence electrons. The average Bonchev–Trinajstić information content (AvgIpc) is 1.98. The van der Waals surface area contributed by atoms with Gasteiger partial charge in [0.25, 0.3) is 0 Å². The van der Waals surface area contributed by atoms with Crippen molar-refractivity contribution in [1.82, 2.24) is 0 Å². The van der Waals surface area contributed by atoms with Crippen LogP contribution in [0.3, 0.4) is 0 Å². The molecule has 0 aromatic carbocycles. The number of hydrogen-bond acceptors (Lipinski definition) is 0. The molecule has 0 amide bonds. The number of hydrogen-bond donors (Lipinski definition) is 0. The van der Waals surface area contributed by atoms with Crippen LogP contribution in [0.25, 0.3) is 0 Å². The first kappa shape index (κ1) is 15.8. The third-order valence-electron chi connectivity index (χ3n) is 0.493. The second kappa shape index (κ2) is 51.1. The van der Waals surface area contributed by atoms with Crippen molar-refractivity contribution >= 4 is 0 Å². The Bertz CT molecular complexity index is 29.0. The molecule has 0 heteroatoms. The molecule has 0 aliphatic heterocycles. The van der Waals surface area contributed by atoms with Crippen LogP contribution in [-0.4, -0.2) is 0 Å². The van der Waals surface area contributed by atoms with Gasteiger partial charge in [-0.2, -0.15) is 0 Å². The van der Waals surface area contributed by atoms with Crippen molar-refractivity contribution in [3.63, 3.8) is 0 Å². The molecule has 0 aromatic heterocycles. The first-order valence-electron chi connectivity index (χ1n) is 3.52. The Kier molecular flexibility index (Phi) is 89.6. The molecule has 0 bridgehead atoms. The molecule has 0 unspecified atom stereocenters. The largest absolute Gasteiger partial charge is 0.106 e. The lowest BCUT2D eigenvalue weighted by Crippen LogP contribution is -1.52. The van der Waals surface area contributed by atoms with E-state index in [-0.39, 0.29) is 0 Å². The SMILES string of the molecule is C=C.C=CCCC.CC. The minimum absolute atomic E-state index is 1.15. The van der Waals surface area contributed by atoms with E-state index in [0.717, 1.165) is 6.42 Å². The van der Waals surface area contributed by atoms with Gasteiger partial charge < -0.3 is 0 Å². The molecule has 0 heterocycles. The van der Waals surface area contributed by atoms with Crippen LogP contribution in [0.1, 0.15) is 33.6 Å². The summed E-state index contributed by atoms with van der Waals surface area (Å²) in [5.74, 6) is 0. The molecule has 0 atom stereocenters. The first-order chi connectivity index (χ1) is 4.41. The molecule has 0 N–H and O–H groups in total. The number of unbranched alkanes of at least 4 members (excludes halogenated alkanes) is 1. The van der Waals surface area contributed by atoms with Gasteiger partial charge in [-0.05, 0) is 6.42 Å². The Morgan fingerprint density at radius 3 is 1.56 bits per heavy atom. The topological polar surface area (TPSA) is 0 Å². The Hall–Kier alpha value is -0.520. The summed E-state index contributed by atoms with van der Waals surface area (Å²) >= 11 is 0. The van der Waals surface area contributed by atoms with Crippen molar-refractivity contribution < 1.29 is 0 Å². The van der Waals surface area contributed by atoms with Crippen molar-refractivity contribution in [2.45, 2.75) is 33.6 Å². The average molecular weight is 128 g/mol. The van der Waals surface area contributed by atoms with Crippen LogP contribution in [-0.2, 0) is 0 Å². The van der Waals surface area contributed by atoms with Gasteiger partial charge >= 0.3 is 0 Å². The van der Waals surface area contributed by atoms with Crippen molar-refractivity contribution in [1.29, 1.82) is 0 Å². The van der Waals surface area contributed by atoms with Gasteiger partial charge in [-0.15, -0.1) is 19.7 Å². The van der Waals surface area contributed by atoms with Crippen molar-refractivity contribution in [2.75, 3.05) is 0 Å². The first-order valence-corrected chi connectivity index (χ1v) is 3.52. The molecule has 0 aliphatic rings. The van der Waals surface area contributed by atoms with E-state index in [1.54, 1.807) is 0 Å². The van der Waals surface area contributed by atoms with Gasteiger partial charge in [-0.25, -0.2) is 0 Å². The molecular formula is C9H20. The molecule has 0 fully saturated rings. The number of rotatable bonds is 2. The fourth-order valence-corrected chi connectivity index (χ4v) is 0.204. The zero-order valence-corrected chi connectivity index (χ0v) is 7.11. The van der Waals surface area contributed by atoms with Gasteiger partial charge in [-0.1, -0.05) is 33.3 Å². The third-order valence-corrected chi connectivity index (χ3v) is 0.493. The van der Waals surface area contributed by atoms with Crippen LogP contribution >= 0.6 is 0 Å². The second-order valence-corrected chi connectivity index (χ2v) is 1.08. The Morgan fingerprint density at radius 2 is 1.56 bits per heavy atom. The predicted molar refractivity (Wildman–Crippen MR) is 47.7 cm³/mol. The maximum atomic E-state index is 3.55. The van der Waals surface area contributed by atoms with Gasteiger partial charge in [0.1, 0.15) is 0 Å². The highest BCUT2D eigenvalue weighted by Crippen LogP contribution is 1.82. The summed E-state index contributed by atoms with van der Waals surface area (Å²) in [6, 6.07) is 0. The molecule has 0 rings (SSSR count). The smallest absolute Gasteiger partial charge is 0.0356 e. The Morgan fingerprint density at radius 1 is 1.22 bits per heavy atom. The van der Waals surface area contributed by atoms with E-state index in [4.69, 9.17) is 0 Å². The standard InChI is InChI=1S/C5H10.C2H6.C2H4/c1-3-5-4-2;2*1-2/h3H,1,4-5H2,2H3;1-2H3;1-2H2.